The predicted molar refractivity (Wildman–Crippen MR) is 76.4 cm³/mol. The third-order valence-electron chi connectivity index (χ3n) is 3.28. The lowest BCUT2D eigenvalue weighted by Gasteiger charge is -2.13. The monoisotopic (exact) mass is 260 g/mol. The zero-order chi connectivity index (χ0) is 13.7. The summed E-state index contributed by atoms with van der Waals surface area (Å²) in [5, 5.41) is 3.45. The number of aromatic nitrogens is 1. The first-order chi connectivity index (χ1) is 9.19. The molecule has 0 aliphatic carbocycles. The third-order valence-corrected chi connectivity index (χ3v) is 3.28. The maximum Gasteiger partial charge on any atom is 0.123 e. The Bertz CT molecular complexity index is 502. The fourth-order valence-corrected chi connectivity index (χ4v) is 2.13. The molecule has 0 aliphatic heterocycles. The summed E-state index contributed by atoms with van der Waals surface area (Å²) in [4.78, 5) is 0. The largest absolute Gasteiger partial charge is 0.354 e. The van der Waals surface area contributed by atoms with Crippen LogP contribution in [0, 0.1) is 5.82 Å². The van der Waals surface area contributed by atoms with Crippen LogP contribution in [0.15, 0.2) is 42.7 Å². The minimum Gasteiger partial charge on any atom is -0.354 e. The Morgan fingerprint density at radius 1 is 1.21 bits per heavy atom. The summed E-state index contributed by atoms with van der Waals surface area (Å²) >= 11 is 0. The van der Waals surface area contributed by atoms with E-state index in [-0.39, 0.29) is 11.9 Å². The lowest BCUT2D eigenvalue weighted by atomic mass is 10.1. The van der Waals surface area contributed by atoms with E-state index in [1.165, 1.54) is 17.7 Å². The maximum absolute atomic E-state index is 12.9. The first kappa shape index (κ1) is 13.8. The van der Waals surface area contributed by atoms with Gasteiger partial charge in [0.2, 0.25) is 0 Å². The van der Waals surface area contributed by atoms with Crippen molar-refractivity contribution < 1.29 is 4.39 Å². The molecule has 1 aromatic carbocycles. The summed E-state index contributed by atoms with van der Waals surface area (Å²) in [5.74, 6) is -0.187. The van der Waals surface area contributed by atoms with Crippen LogP contribution in [-0.2, 0) is 13.1 Å². The van der Waals surface area contributed by atoms with E-state index >= 15 is 0 Å². The van der Waals surface area contributed by atoms with Crippen molar-refractivity contribution in [2.24, 2.45) is 0 Å². The molecule has 19 heavy (non-hydrogen) atoms. The van der Waals surface area contributed by atoms with Crippen LogP contribution in [0.4, 0.5) is 4.39 Å². The Labute approximate surface area is 114 Å². The van der Waals surface area contributed by atoms with Gasteiger partial charge in [-0.15, -0.1) is 0 Å². The molecule has 0 fully saturated rings. The Balaban J connectivity index is 1.88. The molecule has 2 nitrogen and oxygen atoms in total. The van der Waals surface area contributed by atoms with Crippen molar-refractivity contribution in [1.29, 1.82) is 0 Å². The zero-order valence-electron chi connectivity index (χ0n) is 11.6. The molecule has 102 valence electrons. The Morgan fingerprint density at radius 2 is 1.95 bits per heavy atom. The maximum atomic E-state index is 12.9. The van der Waals surface area contributed by atoms with Crippen molar-refractivity contribution in [2.75, 3.05) is 0 Å². The Morgan fingerprint density at radius 3 is 2.63 bits per heavy atom. The van der Waals surface area contributed by atoms with Crippen molar-refractivity contribution in [1.82, 2.24) is 9.88 Å². The molecule has 0 aliphatic rings. The van der Waals surface area contributed by atoms with E-state index in [4.69, 9.17) is 0 Å². The molecule has 0 saturated heterocycles. The molecule has 2 aromatic rings. The van der Waals surface area contributed by atoms with Crippen molar-refractivity contribution >= 4 is 0 Å². The molecule has 1 atom stereocenters. The first-order valence-corrected chi connectivity index (χ1v) is 6.82. The summed E-state index contributed by atoms with van der Waals surface area (Å²) in [6.07, 6.45) is 5.44. The highest BCUT2D eigenvalue weighted by atomic mass is 19.1. The van der Waals surface area contributed by atoms with Crippen LogP contribution in [-0.4, -0.2) is 4.57 Å². The average Bonchev–Trinajstić information content (AvgIpc) is 2.85. The highest BCUT2D eigenvalue weighted by Crippen LogP contribution is 2.13. The number of halogens is 1. The van der Waals surface area contributed by atoms with E-state index in [1.807, 2.05) is 12.1 Å². The number of hydrogen-bond donors (Lipinski definition) is 1. The summed E-state index contributed by atoms with van der Waals surface area (Å²) in [6, 6.07) is 9.02. The number of hydrogen-bond acceptors (Lipinski definition) is 1. The summed E-state index contributed by atoms with van der Waals surface area (Å²) in [5.41, 5.74) is 2.39. The van der Waals surface area contributed by atoms with Crippen LogP contribution >= 0.6 is 0 Å². The van der Waals surface area contributed by atoms with Gasteiger partial charge in [-0.05, 0) is 42.7 Å². The van der Waals surface area contributed by atoms with Crippen LogP contribution in [0.1, 0.15) is 37.4 Å². The van der Waals surface area contributed by atoms with Gasteiger partial charge in [-0.2, -0.15) is 0 Å². The van der Waals surface area contributed by atoms with Gasteiger partial charge in [0.1, 0.15) is 5.82 Å². The number of benzene rings is 1. The van der Waals surface area contributed by atoms with Crippen LogP contribution in [0.5, 0.6) is 0 Å². The van der Waals surface area contributed by atoms with Crippen molar-refractivity contribution in [3.63, 3.8) is 0 Å². The van der Waals surface area contributed by atoms with E-state index < -0.39 is 0 Å². The van der Waals surface area contributed by atoms with E-state index in [2.05, 4.69) is 42.2 Å². The highest BCUT2D eigenvalue weighted by molar-refractivity contribution is 5.19. The highest BCUT2D eigenvalue weighted by Gasteiger charge is 2.05. The molecule has 1 heterocycles. The van der Waals surface area contributed by atoms with E-state index in [0.717, 1.165) is 25.1 Å². The SMILES string of the molecule is CCCn1ccc(CN[C@@H](C)c2ccc(F)cc2)c1. The molecule has 1 N–H and O–H groups in total. The van der Waals surface area contributed by atoms with Gasteiger partial charge >= 0.3 is 0 Å². The molecule has 0 radical (unpaired) electrons. The molecule has 0 amide bonds. The topological polar surface area (TPSA) is 17.0 Å². The standard InChI is InChI=1S/C16H21FN2/c1-3-9-19-10-8-14(12-19)11-18-13(2)15-4-6-16(17)7-5-15/h4-8,10,12-13,18H,3,9,11H2,1-2H3/t13-/m0/s1. The number of rotatable bonds is 6. The van der Waals surface area contributed by atoms with Gasteiger partial charge in [-0.25, -0.2) is 4.39 Å². The molecule has 1 aromatic heterocycles. The van der Waals surface area contributed by atoms with Gasteiger partial charge in [0.25, 0.3) is 0 Å². The van der Waals surface area contributed by atoms with Crippen LogP contribution in [0.25, 0.3) is 0 Å². The summed E-state index contributed by atoms with van der Waals surface area (Å²) in [6.45, 7) is 6.16. The Kier molecular flexibility index (Phi) is 4.74. The van der Waals surface area contributed by atoms with E-state index in [9.17, 15) is 4.39 Å². The minimum atomic E-state index is -0.187. The normalized spacial score (nSPS) is 12.6. The smallest absolute Gasteiger partial charge is 0.123 e. The van der Waals surface area contributed by atoms with Gasteiger partial charge in [-0.3, -0.25) is 0 Å². The third kappa shape index (κ3) is 3.93. The number of nitrogens with zero attached hydrogens (tertiary/aromatic N) is 1. The van der Waals surface area contributed by atoms with Crippen molar-refractivity contribution in [3.05, 3.63) is 59.7 Å². The lowest BCUT2D eigenvalue weighted by molar-refractivity contribution is 0.570. The zero-order valence-corrected chi connectivity index (χ0v) is 11.6. The quantitative estimate of drug-likeness (QED) is 0.834. The van der Waals surface area contributed by atoms with E-state index in [0.29, 0.717) is 0 Å². The molecule has 0 saturated carbocycles. The molecule has 0 spiro atoms. The molecular weight excluding hydrogens is 239 g/mol. The minimum absolute atomic E-state index is 0.187. The van der Waals surface area contributed by atoms with Crippen molar-refractivity contribution in [2.45, 2.75) is 39.4 Å². The molecule has 0 unspecified atom stereocenters. The summed E-state index contributed by atoms with van der Waals surface area (Å²) < 4.78 is 15.1. The first-order valence-electron chi connectivity index (χ1n) is 6.82. The van der Waals surface area contributed by atoms with Crippen LogP contribution in [0.2, 0.25) is 0 Å². The second kappa shape index (κ2) is 6.53. The average molecular weight is 260 g/mol. The van der Waals surface area contributed by atoms with Gasteiger partial charge in [0.15, 0.2) is 0 Å². The number of aryl methyl sites for hydroxylation is 1. The van der Waals surface area contributed by atoms with E-state index in [1.54, 1.807) is 0 Å². The molecular formula is C16H21FN2. The predicted octanol–water partition coefficient (Wildman–Crippen LogP) is 3.89. The Hall–Kier alpha value is -1.61. The van der Waals surface area contributed by atoms with Gasteiger partial charge in [0.05, 0.1) is 0 Å². The second-order valence-electron chi connectivity index (χ2n) is 4.91. The van der Waals surface area contributed by atoms with Crippen LogP contribution in [0.3, 0.4) is 0 Å². The molecule has 0 bridgehead atoms. The van der Waals surface area contributed by atoms with Crippen molar-refractivity contribution in [3.8, 4) is 0 Å². The fraction of sp³-hybridized carbons (Fsp3) is 0.375. The van der Waals surface area contributed by atoms with Gasteiger partial charge in [0, 0.05) is 31.5 Å². The number of nitrogens with one attached hydrogen (secondary N) is 1. The fourth-order valence-electron chi connectivity index (χ4n) is 2.13. The van der Waals surface area contributed by atoms with Crippen LogP contribution < -0.4 is 5.32 Å². The lowest BCUT2D eigenvalue weighted by Crippen LogP contribution is -2.17. The molecule has 3 heteroatoms. The summed E-state index contributed by atoms with van der Waals surface area (Å²) in [7, 11) is 0. The van der Waals surface area contributed by atoms with Gasteiger partial charge in [-0.1, -0.05) is 19.1 Å². The van der Waals surface area contributed by atoms with Gasteiger partial charge < -0.3 is 9.88 Å². The molecule has 2 rings (SSSR count). The second-order valence-corrected chi connectivity index (χ2v) is 4.91.